The maximum atomic E-state index is 2.51. The van der Waals surface area contributed by atoms with Crippen molar-refractivity contribution in [2.45, 2.75) is 12.3 Å². The van der Waals surface area contributed by atoms with Gasteiger partial charge in [0.05, 0.1) is 5.41 Å². The SMILES string of the molecule is Cc1ccc(C2(c3ccccc3)c3cc(-c4cc(N(c5ccccc5)c5ccc(-c6ccccc6)cc5)cc(N(c5ccccc5)c5ccc6c(c5)sc5ccccc56)c4)ccc3-c3cc4ccccc4cc32)cc1. The first-order valence-electron chi connectivity index (χ1n) is 25.8. The van der Waals surface area contributed by atoms with Gasteiger partial charge >= 0.3 is 0 Å². The Morgan fingerprint density at radius 1 is 0.293 bits per heavy atom. The van der Waals surface area contributed by atoms with Crippen molar-refractivity contribution in [3.63, 3.8) is 0 Å². The van der Waals surface area contributed by atoms with Gasteiger partial charge in [0.15, 0.2) is 0 Å². The maximum Gasteiger partial charge on any atom is 0.0714 e. The molecular formula is C72H50N2S. The van der Waals surface area contributed by atoms with Crippen molar-refractivity contribution in [2.75, 3.05) is 9.80 Å². The summed E-state index contributed by atoms with van der Waals surface area (Å²) in [6.07, 6.45) is 0. The van der Waals surface area contributed by atoms with Crippen molar-refractivity contribution in [3.05, 3.63) is 313 Å². The molecule has 1 aliphatic rings. The Bertz CT molecular complexity index is 4220. The van der Waals surface area contributed by atoms with Gasteiger partial charge in [-0.2, -0.15) is 0 Å². The molecule has 0 aliphatic heterocycles. The van der Waals surface area contributed by atoms with Crippen molar-refractivity contribution in [3.8, 4) is 33.4 Å². The van der Waals surface area contributed by atoms with Gasteiger partial charge in [-0.25, -0.2) is 0 Å². The van der Waals surface area contributed by atoms with Gasteiger partial charge in [-0.05, 0) is 164 Å². The van der Waals surface area contributed by atoms with E-state index in [1.54, 1.807) is 0 Å². The van der Waals surface area contributed by atoms with Crippen LogP contribution in [0.2, 0.25) is 0 Å². The Morgan fingerprint density at radius 3 is 1.49 bits per heavy atom. The van der Waals surface area contributed by atoms with E-state index in [4.69, 9.17) is 0 Å². The quantitative estimate of drug-likeness (QED) is 0.135. The highest BCUT2D eigenvalue weighted by Gasteiger charge is 2.46. The number of fused-ring (bicyclic) bond motifs is 7. The van der Waals surface area contributed by atoms with Gasteiger partial charge in [-0.15, -0.1) is 11.3 Å². The third-order valence-corrected chi connectivity index (χ3v) is 16.5. The highest BCUT2D eigenvalue weighted by Crippen LogP contribution is 2.58. The number of hydrogen-bond acceptors (Lipinski definition) is 3. The molecule has 1 unspecified atom stereocenters. The lowest BCUT2D eigenvalue weighted by molar-refractivity contribution is 0.769. The smallest absolute Gasteiger partial charge is 0.0714 e. The van der Waals surface area contributed by atoms with Gasteiger partial charge in [0.1, 0.15) is 0 Å². The van der Waals surface area contributed by atoms with Crippen LogP contribution >= 0.6 is 11.3 Å². The second-order valence-corrected chi connectivity index (χ2v) is 20.8. The van der Waals surface area contributed by atoms with E-state index in [2.05, 4.69) is 302 Å². The van der Waals surface area contributed by atoms with E-state index in [9.17, 15) is 0 Å². The molecular weight excluding hydrogens is 925 g/mol. The summed E-state index contributed by atoms with van der Waals surface area (Å²) < 4.78 is 2.55. The lowest BCUT2D eigenvalue weighted by Gasteiger charge is -2.34. The first-order valence-corrected chi connectivity index (χ1v) is 26.6. The summed E-state index contributed by atoms with van der Waals surface area (Å²) in [5, 5.41) is 5.05. The molecule has 2 nitrogen and oxygen atoms in total. The molecule has 0 fully saturated rings. The van der Waals surface area contributed by atoms with Gasteiger partial charge in [-0.3, -0.25) is 0 Å². The third kappa shape index (κ3) is 7.63. The summed E-state index contributed by atoms with van der Waals surface area (Å²) in [6.45, 7) is 2.18. The summed E-state index contributed by atoms with van der Waals surface area (Å²) in [4.78, 5) is 4.85. The average molecular weight is 975 g/mol. The molecule has 0 amide bonds. The number of para-hydroxylation sites is 2. The number of nitrogens with zero attached hydrogens (tertiary/aromatic N) is 2. The van der Waals surface area contributed by atoms with E-state index in [0.717, 1.165) is 45.3 Å². The molecule has 12 aromatic carbocycles. The van der Waals surface area contributed by atoms with Crippen molar-refractivity contribution in [1.29, 1.82) is 0 Å². The van der Waals surface area contributed by atoms with Crippen LogP contribution in [-0.2, 0) is 5.41 Å². The lowest BCUT2D eigenvalue weighted by atomic mass is 9.67. The lowest BCUT2D eigenvalue weighted by Crippen LogP contribution is -2.28. The maximum absolute atomic E-state index is 2.51. The van der Waals surface area contributed by atoms with E-state index in [-0.39, 0.29) is 0 Å². The Morgan fingerprint density at radius 2 is 0.800 bits per heavy atom. The molecule has 0 bridgehead atoms. The predicted molar refractivity (Wildman–Crippen MR) is 319 cm³/mol. The molecule has 0 N–H and O–H groups in total. The fourth-order valence-electron chi connectivity index (χ4n) is 11.8. The summed E-state index contributed by atoms with van der Waals surface area (Å²) in [5.74, 6) is 0. The topological polar surface area (TPSA) is 6.48 Å². The number of thiophene rings is 1. The Kier molecular flexibility index (Phi) is 10.9. The summed E-state index contributed by atoms with van der Waals surface area (Å²) in [7, 11) is 0. The second kappa shape index (κ2) is 18.3. The van der Waals surface area contributed by atoms with Gasteiger partial charge < -0.3 is 9.80 Å². The molecule has 1 heterocycles. The molecule has 0 saturated carbocycles. The number of anilines is 6. The number of rotatable bonds is 10. The molecule has 0 radical (unpaired) electrons. The highest BCUT2D eigenvalue weighted by molar-refractivity contribution is 7.25. The summed E-state index contributed by atoms with van der Waals surface area (Å²) >= 11 is 1.85. The van der Waals surface area contributed by atoms with Gasteiger partial charge in [-0.1, -0.05) is 200 Å². The largest absolute Gasteiger partial charge is 0.310 e. The van der Waals surface area contributed by atoms with Gasteiger partial charge in [0.25, 0.3) is 0 Å². The molecule has 1 aromatic heterocycles. The molecule has 354 valence electrons. The highest BCUT2D eigenvalue weighted by atomic mass is 32.1. The van der Waals surface area contributed by atoms with Crippen LogP contribution in [0.4, 0.5) is 34.1 Å². The van der Waals surface area contributed by atoms with E-state index in [1.165, 1.54) is 81.0 Å². The zero-order valence-corrected chi connectivity index (χ0v) is 42.3. The molecule has 0 saturated heterocycles. The third-order valence-electron chi connectivity index (χ3n) is 15.3. The van der Waals surface area contributed by atoms with Crippen LogP contribution in [-0.4, -0.2) is 0 Å². The van der Waals surface area contributed by atoms with Gasteiger partial charge in [0.2, 0.25) is 0 Å². The molecule has 14 rings (SSSR count). The monoisotopic (exact) mass is 974 g/mol. The summed E-state index contributed by atoms with van der Waals surface area (Å²) in [6, 6.07) is 106. The zero-order chi connectivity index (χ0) is 49.9. The minimum absolute atomic E-state index is 0.591. The second-order valence-electron chi connectivity index (χ2n) is 19.8. The van der Waals surface area contributed by atoms with Crippen molar-refractivity contribution < 1.29 is 0 Å². The zero-order valence-electron chi connectivity index (χ0n) is 41.4. The molecule has 0 spiro atoms. The first kappa shape index (κ1) is 44.4. The van der Waals surface area contributed by atoms with Crippen molar-refractivity contribution in [1.82, 2.24) is 0 Å². The van der Waals surface area contributed by atoms with Crippen LogP contribution in [0.15, 0.2) is 285 Å². The van der Waals surface area contributed by atoms with Crippen LogP contribution in [0.25, 0.3) is 64.3 Å². The summed E-state index contributed by atoms with van der Waals surface area (Å²) in [5.41, 5.74) is 19.3. The van der Waals surface area contributed by atoms with E-state index in [1.807, 2.05) is 11.3 Å². The van der Waals surface area contributed by atoms with Crippen LogP contribution in [0.3, 0.4) is 0 Å². The van der Waals surface area contributed by atoms with E-state index >= 15 is 0 Å². The molecule has 1 aliphatic carbocycles. The van der Waals surface area contributed by atoms with Crippen LogP contribution in [0, 0.1) is 6.92 Å². The normalized spacial score (nSPS) is 13.7. The number of benzene rings is 12. The predicted octanol–water partition coefficient (Wildman–Crippen LogP) is 20.2. The Balaban J connectivity index is 1.03. The molecule has 1 atom stereocenters. The van der Waals surface area contributed by atoms with E-state index < -0.39 is 5.41 Å². The standard InChI is InChI=1S/C72H50N2S/c1-49-30-35-57(36-31-49)72(56-22-8-3-9-23-56)68-46-54(34-40-64(68)67-44-52-20-14-15-21-53(52)45-69(67)72)55-42-62(73(58-24-10-4-11-25-58)60-37-32-51(33-38-60)50-18-6-2-7-19-50)47-63(43-55)74(59-26-12-5-13-27-59)61-39-41-66-65-28-16-17-29-70(65)75-71(66)48-61/h2-48H,1H3. The Hall–Kier alpha value is -9.28. The van der Waals surface area contributed by atoms with Crippen LogP contribution in [0.5, 0.6) is 0 Å². The number of hydrogen-bond donors (Lipinski definition) is 0. The van der Waals surface area contributed by atoms with Crippen molar-refractivity contribution >= 4 is 76.4 Å². The fraction of sp³-hybridized carbons (Fsp3) is 0.0278. The van der Waals surface area contributed by atoms with Crippen molar-refractivity contribution in [2.24, 2.45) is 0 Å². The Labute approximate surface area is 442 Å². The minimum atomic E-state index is -0.591. The fourth-order valence-corrected chi connectivity index (χ4v) is 13.0. The van der Waals surface area contributed by atoms with E-state index in [0.29, 0.717) is 0 Å². The van der Waals surface area contributed by atoms with Crippen LogP contribution in [0.1, 0.15) is 27.8 Å². The molecule has 13 aromatic rings. The molecule has 75 heavy (non-hydrogen) atoms. The average Bonchev–Trinajstić information content (AvgIpc) is 4.10. The first-order chi connectivity index (χ1) is 37.1. The van der Waals surface area contributed by atoms with Crippen LogP contribution < -0.4 is 9.80 Å². The minimum Gasteiger partial charge on any atom is -0.310 e. The van der Waals surface area contributed by atoms with Gasteiger partial charge in [0, 0.05) is 54.3 Å². The molecule has 3 heteroatoms. The number of aryl methyl sites for hydroxylation is 1.